The third-order valence-corrected chi connectivity index (χ3v) is 7.68. The first-order valence-electron chi connectivity index (χ1n) is 15.1. The zero-order valence-corrected chi connectivity index (χ0v) is 25.1. The first-order chi connectivity index (χ1) is 20.5. The maximum Gasteiger partial charge on any atom is 0.295 e. The maximum absolute atomic E-state index is 13.6. The van der Waals surface area contributed by atoms with Gasteiger partial charge >= 0.3 is 0 Å². The summed E-state index contributed by atoms with van der Waals surface area (Å²) in [5.74, 6) is 0.122. The number of hydrogen-bond donors (Lipinski definition) is 1. The normalized spacial score (nSPS) is 18.8. The summed E-state index contributed by atoms with van der Waals surface area (Å²) in [6, 6.07) is 11.7. The summed E-state index contributed by atoms with van der Waals surface area (Å²) in [4.78, 5) is 30.8. The highest BCUT2D eigenvalue weighted by molar-refractivity contribution is 6.46. The molecule has 2 aliphatic heterocycles. The molecule has 0 bridgehead atoms. The lowest BCUT2D eigenvalue weighted by molar-refractivity contribution is -0.140. The molecule has 2 heterocycles. The van der Waals surface area contributed by atoms with Crippen LogP contribution in [0, 0.1) is 0 Å². The second kappa shape index (κ2) is 15.6. The lowest BCUT2D eigenvalue weighted by Crippen LogP contribution is -2.42. The maximum atomic E-state index is 13.6. The second-order valence-electron chi connectivity index (χ2n) is 10.6. The zero-order chi connectivity index (χ0) is 29.9. The van der Waals surface area contributed by atoms with Crippen LogP contribution in [-0.2, 0) is 14.3 Å². The van der Waals surface area contributed by atoms with E-state index in [1.54, 1.807) is 36.3 Å². The van der Waals surface area contributed by atoms with Crippen LogP contribution in [-0.4, -0.2) is 86.3 Å². The number of unbranched alkanes of at least 4 members (excludes halogenated alkanes) is 3. The van der Waals surface area contributed by atoms with Gasteiger partial charge in [-0.15, -0.1) is 0 Å². The minimum Gasteiger partial charge on any atom is -0.507 e. The number of Topliss-reactive ketones (excluding diaryl/α,β-unsaturated/α-hetero) is 1. The number of ketones is 1. The molecule has 228 valence electrons. The van der Waals surface area contributed by atoms with Gasteiger partial charge < -0.3 is 29.0 Å². The Bertz CT molecular complexity index is 1240. The van der Waals surface area contributed by atoms with Crippen LogP contribution >= 0.6 is 0 Å². The van der Waals surface area contributed by atoms with E-state index in [2.05, 4.69) is 18.7 Å². The molecule has 1 atom stereocenters. The minimum absolute atomic E-state index is 0.0475. The van der Waals surface area contributed by atoms with Crippen molar-refractivity contribution in [1.82, 2.24) is 9.80 Å². The number of morpholine rings is 1. The Morgan fingerprint density at radius 2 is 1.69 bits per heavy atom. The van der Waals surface area contributed by atoms with Crippen LogP contribution in [0.2, 0.25) is 0 Å². The molecular weight excluding hydrogens is 536 g/mol. The van der Waals surface area contributed by atoms with Crippen molar-refractivity contribution in [2.45, 2.75) is 52.0 Å². The summed E-state index contributed by atoms with van der Waals surface area (Å²) in [6.07, 6.45) is 5.01. The van der Waals surface area contributed by atoms with E-state index in [0.29, 0.717) is 67.9 Å². The summed E-state index contributed by atoms with van der Waals surface area (Å²) < 4.78 is 22.9. The SMILES string of the molecule is CCCCCOc1ccc(C2/C(=C(\O)c3cccc(OCCCC)c3)C(=O)C(=O)N2CCN2CCOCC2)cc1OC. The zero-order valence-electron chi connectivity index (χ0n) is 25.1. The van der Waals surface area contributed by atoms with Crippen molar-refractivity contribution in [1.29, 1.82) is 0 Å². The van der Waals surface area contributed by atoms with E-state index >= 15 is 0 Å². The van der Waals surface area contributed by atoms with Crippen LogP contribution in [0.3, 0.4) is 0 Å². The number of ether oxygens (including phenoxy) is 4. The van der Waals surface area contributed by atoms with Gasteiger partial charge in [-0.3, -0.25) is 14.5 Å². The molecule has 9 heteroatoms. The molecular formula is C33H44N2O7. The molecule has 2 aliphatic rings. The Hall–Kier alpha value is -3.56. The van der Waals surface area contributed by atoms with Crippen LogP contribution in [0.4, 0.5) is 0 Å². The fourth-order valence-electron chi connectivity index (χ4n) is 5.26. The number of amides is 1. The number of nitrogens with zero attached hydrogens (tertiary/aromatic N) is 2. The Morgan fingerprint density at radius 1 is 0.929 bits per heavy atom. The smallest absolute Gasteiger partial charge is 0.295 e. The fourth-order valence-corrected chi connectivity index (χ4v) is 5.26. The number of carbonyl (C=O) groups excluding carboxylic acids is 2. The monoisotopic (exact) mass is 580 g/mol. The molecule has 0 spiro atoms. The third-order valence-electron chi connectivity index (χ3n) is 7.68. The number of hydrogen-bond acceptors (Lipinski definition) is 8. The molecule has 1 unspecified atom stereocenters. The van der Waals surface area contributed by atoms with Gasteiger partial charge in [0.25, 0.3) is 11.7 Å². The Morgan fingerprint density at radius 3 is 2.43 bits per heavy atom. The average Bonchev–Trinajstić information content (AvgIpc) is 3.27. The fraction of sp³-hybridized carbons (Fsp3) is 0.515. The van der Waals surface area contributed by atoms with Crippen LogP contribution in [0.25, 0.3) is 5.76 Å². The molecule has 0 aliphatic carbocycles. The molecule has 9 nitrogen and oxygen atoms in total. The average molecular weight is 581 g/mol. The van der Waals surface area contributed by atoms with Crippen molar-refractivity contribution < 1.29 is 33.6 Å². The number of aliphatic hydroxyl groups excluding tert-OH is 1. The van der Waals surface area contributed by atoms with Gasteiger partial charge in [-0.2, -0.15) is 0 Å². The van der Waals surface area contributed by atoms with Gasteiger partial charge in [0.05, 0.1) is 45.2 Å². The molecule has 1 N–H and O–H groups in total. The Labute approximate surface area is 249 Å². The van der Waals surface area contributed by atoms with E-state index in [0.717, 1.165) is 45.2 Å². The highest BCUT2D eigenvalue weighted by Crippen LogP contribution is 2.42. The van der Waals surface area contributed by atoms with Crippen molar-refractivity contribution in [3.8, 4) is 17.2 Å². The van der Waals surface area contributed by atoms with E-state index in [1.807, 2.05) is 18.2 Å². The second-order valence-corrected chi connectivity index (χ2v) is 10.6. The van der Waals surface area contributed by atoms with Gasteiger partial charge in [0.2, 0.25) is 0 Å². The van der Waals surface area contributed by atoms with E-state index in [-0.39, 0.29) is 11.3 Å². The van der Waals surface area contributed by atoms with Gasteiger partial charge in [0.15, 0.2) is 11.5 Å². The number of methoxy groups -OCH3 is 1. The molecule has 42 heavy (non-hydrogen) atoms. The molecule has 2 fully saturated rings. The first kappa shape index (κ1) is 31.4. The van der Waals surface area contributed by atoms with Gasteiger partial charge in [0, 0.05) is 31.7 Å². The molecule has 1 amide bonds. The van der Waals surface area contributed by atoms with Crippen LogP contribution in [0.1, 0.15) is 63.1 Å². The highest BCUT2D eigenvalue weighted by Gasteiger charge is 2.46. The minimum atomic E-state index is -0.793. The predicted molar refractivity (Wildman–Crippen MR) is 161 cm³/mol. The summed E-state index contributed by atoms with van der Waals surface area (Å²) >= 11 is 0. The van der Waals surface area contributed by atoms with E-state index in [1.165, 1.54) is 0 Å². The lowest BCUT2D eigenvalue weighted by atomic mass is 9.95. The van der Waals surface area contributed by atoms with Crippen LogP contribution in [0.15, 0.2) is 48.0 Å². The lowest BCUT2D eigenvalue weighted by Gasteiger charge is -2.31. The summed E-state index contributed by atoms with van der Waals surface area (Å²) in [7, 11) is 1.57. The van der Waals surface area contributed by atoms with Crippen LogP contribution < -0.4 is 14.2 Å². The van der Waals surface area contributed by atoms with Gasteiger partial charge in [-0.25, -0.2) is 0 Å². The topological polar surface area (TPSA) is 97.8 Å². The third kappa shape index (κ3) is 7.63. The summed E-state index contributed by atoms with van der Waals surface area (Å²) in [5.41, 5.74) is 1.13. The molecule has 2 saturated heterocycles. The quantitative estimate of drug-likeness (QED) is 0.133. The molecule has 0 aromatic heterocycles. The van der Waals surface area contributed by atoms with Gasteiger partial charge in [0.1, 0.15) is 11.5 Å². The molecule has 0 radical (unpaired) electrons. The van der Waals surface area contributed by atoms with E-state index in [4.69, 9.17) is 18.9 Å². The van der Waals surface area contributed by atoms with Crippen molar-refractivity contribution in [2.75, 3.05) is 59.7 Å². The van der Waals surface area contributed by atoms with E-state index in [9.17, 15) is 14.7 Å². The number of likely N-dealkylation sites (tertiary alicyclic amines) is 1. The van der Waals surface area contributed by atoms with Crippen molar-refractivity contribution in [3.05, 3.63) is 59.2 Å². The van der Waals surface area contributed by atoms with Gasteiger partial charge in [-0.1, -0.05) is 51.3 Å². The number of aliphatic hydroxyl groups is 1. The first-order valence-corrected chi connectivity index (χ1v) is 15.1. The number of carbonyl (C=O) groups is 2. The Kier molecular flexibility index (Phi) is 11.7. The van der Waals surface area contributed by atoms with E-state index < -0.39 is 17.7 Å². The summed E-state index contributed by atoms with van der Waals surface area (Å²) in [6.45, 7) is 9.05. The molecule has 0 saturated carbocycles. The number of benzene rings is 2. The molecule has 4 rings (SSSR count). The molecule has 2 aromatic carbocycles. The van der Waals surface area contributed by atoms with Crippen molar-refractivity contribution >= 4 is 17.4 Å². The largest absolute Gasteiger partial charge is 0.507 e. The highest BCUT2D eigenvalue weighted by atomic mass is 16.5. The van der Waals surface area contributed by atoms with Crippen molar-refractivity contribution in [2.24, 2.45) is 0 Å². The van der Waals surface area contributed by atoms with Crippen LogP contribution in [0.5, 0.6) is 17.2 Å². The standard InChI is InChI=1S/C33H44N2O7/c1-4-6-8-19-42-27-13-12-24(23-28(27)39-3)30-29(31(36)25-10-9-11-26(22-25)41-18-7-5-2)32(37)33(38)35(30)15-14-34-16-20-40-21-17-34/h9-13,22-23,30,36H,4-8,14-21H2,1-3H3/b31-29+. The summed E-state index contributed by atoms with van der Waals surface area (Å²) in [5, 5.41) is 11.6. The predicted octanol–water partition coefficient (Wildman–Crippen LogP) is 5.20. The van der Waals surface area contributed by atoms with Crippen molar-refractivity contribution in [3.63, 3.8) is 0 Å². The number of rotatable bonds is 15. The van der Waals surface area contributed by atoms with Gasteiger partial charge in [-0.05, 0) is 42.7 Å². The molecule has 2 aromatic rings. The Balaban J connectivity index is 1.70.